The fourth-order valence-electron chi connectivity index (χ4n) is 1.56. The van der Waals surface area contributed by atoms with Gasteiger partial charge in [0.25, 0.3) is 5.91 Å². The first-order chi connectivity index (χ1) is 8.93. The first-order valence-corrected chi connectivity index (χ1v) is 6.20. The van der Waals surface area contributed by atoms with Crippen LogP contribution in [0.5, 0.6) is 0 Å². The third kappa shape index (κ3) is 4.75. The molecular formula is C13H20N2O4. The number of aliphatic hydroxyl groups is 1. The van der Waals surface area contributed by atoms with Crippen LogP contribution in [0.25, 0.3) is 0 Å². The molecule has 0 aliphatic carbocycles. The number of hydrogen-bond acceptors (Lipinski definition) is 4. The van der Waals surface area contributed by atoms with E-state index in [1.165, 1.54) is 13.1 Å². The molecule has 0 aliphatic rings. The van der Waals surface area contributed by atoms with Gasteiger partial charge in [-0.1, -0.05) is 13.8 Å². The van der Waals surface area contributed by atoms with Gasteiger partial charge in [0.15, 0.2) is 5.76 Å². The van der Waals surface area contributed by atoms with Gasteiger partial charge in [-0.25, -0.2) is 0 Å². The zero-order valence-electron chi connectivity index (χ0n) is 11.4. The molecule has 1 unspecified atom stereocenters. The lowest BCUT2D eigenvalue weighted by Gasteiger charge is -2.12. The third-order valence-electron chi connectivity index (χ3n) is 2.55. The maximum atomic E-state index is 11.6. The van der Waals surface area contributed by atoms with Crippen LogP contribution in [-0.2, 0) is 11.3 Å². The fourth-order valence-corrected chi connectivity index (χ4v) is 1.56. The van der Waals surface area contributed by atoms with Gasteiger partial charge in [-0.2, -0.15) is 0 Å². The van der Waals surface area contributed by atoms with Crippen LogP contribution in [0, 0.1) is 5.92 Å². The molecule has 2 amide bonds. The smallest absolute Gasteiger partial charge is 0.286 e. The highest BCUT2D eigenvalue weighted by molar-refractivity contribution is 5.91. The van der Waals surface area contributed by atoms with Crippen molar-refractivity contribution in [3.8, 4) is 0 Å². The normalized spacial score (nSPS) is 12.3. The number of furan rings is 1. The highest BCUT2D eigenvalue weighted by Crippen LogP contribution is 2.08. The van der Waals surface area contributed by atoms with Crippen LogP contribution in [0.2, 0.25) is 0 Å². The summed E-state index contributed by atoms with van der Waals surface area (Å²) in [7, 11) is 1.51. The summed E-state index contributed by atoms with van der Waals surface area (Å²) in [6.45, 7) is 4.00. The molecule has 1 aromatic rings. The Morgan fingerprint density at radius 1 is 1.37 bits per heavy atom. The Labute approximate surface area is 112 Å². The van der Waals surface area contributed by atoms with Gasteiger partial charge in [0, 0.05) is 7.05 Å². The van der Waals surface area contributed by atoms with Gasteiger partial charge in [0.2, 0.25) is 5.91 Å². The molecule has 0 radical (unpaired) electrons. The number of hydrogen-bond donors (Lipinski definition) is 3. The Kier molecular flexibility index (Phi) is 5.57. The van der Waals surface area contributed by atoms with Gasteiger partial charge < -0.3 is 20.2 Å². The summed E-state index contributed by atoms with van der Waals surface area (Å²) in [4.78, 5) is 22.8. The van der Waals surface area contributed by atoms with Gasteiger partial charge in [-0.3, -0.25) is 9.59 Å². The molecule has 0 saturated heterocycles. The monoisotopic (exact) mass is 268 g/mol. The van der Waals surface area contributed by atoms with E-state index in [0.717, 1.165) is 0 Å². The van der Waals surface area contributed by atoms with Crippen molar-refractivity contribution >= 4 is 11.8 Å². The molecule has 0 fully saturated rings. The molecule has 6 nitrogen and oxygen atoms in total. The van der Waals surface area contributed by atoms with E-state index < -0.39 is 12.0 Å². The fraction of sp³-hybridized carbons (Fsp3) is 0.538. The molecule has 0 saturated carbocycles. The number of amides is 2. The summed E-state index contributed by atoms with van der Waals surface area (Å²) < 4.78 is 5.24. The number of aliphatic hydroxyl groups excluding tert-OH is 1. The minimum Gasteiger partial charge on any atom is -0.454 e. The Balaban J connectivity index is 2.46. The largest absolute Gasteiger partial charge is 0.454 e. The number of carbonyl (C=O) groups excluding carboxylic acids is 2. The van der Waals surface area contributed by atoms with E-state index in [1.54, 1.807) is 6.07 Å². The molecule has 1 rings (SSSR count). The lowest BCUT2D eigenvalue weighted by Crippen LogP contribution is -2.34. The Morgan fingerprint density at radius 2 is 2.05 bits per heavy atom. The van der Waals surface area contributed by atoms with Crippen LogP contribution in [0.15, 0.2) is 16.5 Å². The predicted octanol–water partition coefficient (Wildman–Crippen LogP) is 0.662. The molecule has 0 aliphatic heterocycles. The zero-order valence-corrected chi connectivity index (χ0v) is 11.4. The van der Waals surface area contributed by atoms with Gasteiger partial charge in [-0.15, -0.1) is 0 Å². The molecule has 1 atom stereocenters. The average Bonchev–Trinajstić information content (AvgIpc) is 2.82. The Bertz CT molecular complexity index is 440. The molecule has 3 N–H and O–H groups in total. The lowest BCUT2D eigenvalue weighted by atomic mass is 10.1. The standard InChI is InChI=1S/C13H20N2O4/c1-8(2)6-10(16)12(17)15-7-9-4-5-11(19-9)13(18)14-3/h4-5,8,10,16H,6-7H2,1-3H3,(H,14,18)(H,15,17). The molecule has 1 aromatic heterocycles. The summed E-state index contributed by atoms with van der Waals surface area (Å²) >= 11 is 0. The quantitative estimate of drug-likeness (QED) is 0.707. The summed E-state index contributed by atoms with van der Waals surface area (Å²) in [6, 6.07) is 3.14. The van der Waals surface area contributed by atoms with Crippen molar-refractivity contribution in [2.24, 2.45) is 5.92 Å². The van der Waals surface area contributed by atoms with Crippen molar-refractivity contribution in [3.05, 3.63) is 23.7 Å². The van der Waals surface area contributed by atoms with Crippen LogP contribution in [0.3, 0.4) is 0 Å². The Hall–Kier alpha value is -1.82. The molecular weight excluding hydrogens is 248 g/mol. The second-order valence-electron chi connectivity index (χ2n) is 4.71. The highest BCUT2D eigenvalue weighted by Gasteiger charge is 2.17. The lowest BCUT2D eigenvalue weighted by molar-refractivity contribution is -0.130. The molecule has 1 heterocycles. The van der Waals surface area contributed by atoms with Crippen LogP contribution < -0.4 is 10.6 Å². The van der Waals surface area contributed by atoms with Crippen molar-refractivity contribution in [1.29, 1.82) is 0 Å². The van der Waals surface area contributed by atoms with Crippen LogP contribution in [0.4, 0.5) is 0 Å². The van der Waals surface area contributed by atoms with Crippen molar-refractivity contribution in [1.82, 2.24) is 10.6 Å². The molecule has 19 heavy (non-hydrogen) atoms. The topological polar surface area (TPSA) is 91.6 Å². The van der Waals surface area contributed by atoms with E-state index in [4.69, 9.17) is 4.42 Å². The van der Waals surface area contributed by atoms with E-state index in [-0.39, 0.29) is 24.1 Å². The Morgan fingerprint density at radius 3 is 2.63 bits per heavy atom. The van der Waals surface area contributed by atoms with Crippen molar-refractivity contribution < 1.29 is 19.1 Å². The van der Waals surface area contributed by atoms with Crippen molar-refractivity contribution in [2.75, 3.05) is 7.05 Å². The van der Waals surface area contributed by atoms with Crippen LogP contribution >= 0.6 is 0 Å². The summed E-state index contributed by atoms with van der Waals surface area (Å²) in [5, 5.41) is 14.6. The predicted molar refractivity (Wildman–Crippen MR) is 69.4 cm³/mol. The van der Waals surface area contributed by atoms with E-state index in [2.05, 4.69) is 10.6 Å². The first kappa shape index (κ1) is 15.2. The maximum absolute atomic E-state index is 11.6. The molecule has 0 spiro atoms. The van der Waals surface area contributed by atoms with Gasteiger partial charge >= 0.3 is 0 Å². The summed E-state index contributed by atoms with van der Waals surface area (Å²) in [5.41, 5.74) is 0. The first-order valence-electron chi connectivity index (χ1n) is 6.20. The average molecular weight is 268 g/mol. The van der Waals surface area contributed by atoms with E-state index in [1.807, 2.05) is 13.8 Å². The molecule has 6 heteroatoms. The highest BCUT2D eigenvalue weighted by atomic mass is 16.4. The van der Waals surface area contributed by atoms with Gasteiger partial charge in [0.05, 0.1) is 6.54 Å². The van der Waals surface area contributed by atoms with Crippen LogP contribution in [-0.4, -0.2) is 30.1 Å². The SMILES string of the molecule is CNC(=O)c1ccc(CNC(=O)C(O)CC(C)C)o1. The second kappa shape index (κ2) is 6.94. The van der Waals surface area contributed by atoms with E-state index in [0.29, 0.717) is 12.2 Å². The van der Waals surface area contributed by atoms with Gasteiger partial charge in [0.1, 0.15) is 11.9 Å². The van der Waals surface area contributed by atoms with Crippen LogP contribution in [0.1, 0.15) is 36.6 Å². The molecule has 0 bridgehead atoms. The zero-order chi connectivity index (χ0) is 14.4. The maximum Gasteiger partial charge on any atom is 0.286 e. The third-order valence-corrected chi connectivity index (χ3v) is 2.55. The number of nitrogens with one attached hydrogen (secondary N) is 2. The number of carbonyl (C=O) groups is 2. The van der Waals surface area contributed by atoms with Gasteiger partial charge in [-0.05, 0) is 24.5 Å². The van der Waals surface area contributed by atoms with E-state index >= 15 is 0 Å². The second-order valence-corrected chi connectivity index (χ2v) is 4.71. The minimum atomic E-state index is -1.02. The minimum absolute atomic E-state index is 0.144. The number of rotatable bonds is 6. The van der Waals surface area contributed by atoms with E-state index in [9.17, 15) is 14.7 Å². The molecule has 0 aromatic carbocycles. The summed E-state index contributed by atoms with van der Waals surface area (Å²) in [5.74, 6) is 0.131. The summed E-state index contributed by atoms with van der Waals surface area (Å²) in [6.07, 6.45) is -0.610. The van der Waals surface area contributed by atoms with Crippen molar-refractivity contribution in [3.63, 3.8) is 0 Å². The molecule has 106 valence electrons. The van der Waals surface area contributed by atoms with Crippen molar-refractivity contribution in [2.45, 2.75) is 32.9 Å².